The summed E-state index contributed by atoms with van der Waals surface area (Å²) in [7, 11) is 1.60. The number of halogens is 1. The van der Waals surface area contributed by atoms with Gasteiger partial charge in [0, 0.05) is 0 Å². The van der Waals surface area contributed by atoms with Gasteiger partial charge in [-0.25, -0.2) is 0 Å². The Hall–Kier alpha value is -0.830. The first-order chi connectivity index (χ1) is 7.27. The molecule has 1 aromatic rings. The lowest BCUT2D eigenvalue weighted by atomic mass is 9.88. The van der Waals surface area contributed by atoms with Crippen molar-refractivity contribution in [2.24, 2.45) is 0 Å². The van der Waals surface area contributed by atoms with E-state index in [0.29, 0.717) is 5.75 Å². The molecule has 0 atom stereocenters. The molecular formula is C12H13BrO2. The van der Waals surface area contributed by atoms with Gasteiger partial charge in [-0.2, -0.15) is 0 Å². The molecule has 0 amide bonds. The Morgan fingerprint density at radius 1 is 1.40 bits per heavy atom. The normalized spacial score (nSPS) is 14.5. The number of hydrogen-bond acceptors (Lipinski definition) is 2. The molecule has 1 aliphatic carbocycles. The molecule has 0 saturated heterocycles. The number of aryl methyl sites for hydroxylation is 1. The highest BCUT2D eigenvalue weighted by molar-refractivity contribution is 9.10. The Bertz CT molecular complexity index is 399. The highest BCUT2D eigenvalue weighted by Crippen LogP contribution is 2.36. The van der Waals surface area contributed by atoms with Gasteiger partial charge >= 0.3 is 0 Å². The van der Waals surface area contributed by atoms with Crippen LogP contribution >= 0.6 is 15.9 Å². The molecule has 15 heavy (non-hydrogen) atoms. The summed E-state index contributed by atoms with van der Waals surface area (Å²) in [6.45, 7) is 0. The van der Waals surface area contributed by atoms with Crippen LogP contribution < -0.4 is 4.74 Å². The summed E-state index contributed by atoms with van der Waals surface area (Å²) < 4.78 is 6.14. The summed E-state index contributed by atoms with van der Waals surface area (Å²) in [5.74, 6) is 0.672. The fourth-order valence-corrected chi connectivity index (χ4v) is 2.86. The molecule has 0 aromatic heterocycles. The van der Waals surface area contributed by atoms with E-state index < -0.39 is 0 Å². The van der Waals surface area contributed by atoms with Crippen LogP contribution in [0.1, 0.15) is 34.3 Å². The second-order valence-corrected chi connectivity index (χ2v) is 4.62. The van der Waals surface area contributed by atoms with Gasteiger partial charge in [-0.05, 0) is 58.8 Å². The van der Waals surface area contributed by atoms with Crippen molar-refractivity contribution in [3.63, 3.8) is 0 Å². The van der Waals surface area contributed by atoms with Gasteiger partial charge in [0.2, 0.25) is 0 Å². The Labute approximate surface area is 97.8 Å². The molecule has 80 valence electrons. The second kappa shape index (κ2) is 4.35. The van der Waals surface area contributed by atoms with Gasteiger partial charge in [0.25, 0.3) is 0 Å². The molecule has 0 unspecified atom stereocenters. The number of rotatable bonds is 2. The molecule has 0 saturated carbocycles. The zero-order valence-corrected chi connectivity index (χ0v) is 10.3. The van der Waals surface area contributed by atoms with E-state index in [0.717, 1.165) is 29.2 Å². The van der Waals surface area contributed by atoms with Gasteiger partial charge in [0.15, 0.2) is 6.29 Å². The van der Waals surface area contributed by atoms with Gasteiger partial charge in [0.1, 0.15) is 5.75 Å². The molecule has 0 heterocycles. The van der Waals surface area contributed by atoms with Crippen molar-refractivity contribution in [2.75, 3.05) is 7.11 Å². The SMILES string of the molecule is COc1c(Br)cc2c(c1C=O)CCCC2. The predicted octanol–water partition coefficient (Wildman–Crippen LogP) is 3.15. The lowest BCUT2D eigenvalue weighted by molar-refractivity contribution is 0.111. The van der Waals surface area contributed by atoms with E-state index in [1.54, 1.807) is 7.11 Å². The fraction of sp³-hybridized carbons (Fsp3) is 0.417. The number of carbonyl (C=O) groups excluding carboxylic acids is 1. The Morgan fingerprint density at radius 3 is 2.80 bits per heavy atom. The largest absolute Gasteiger partial charge is 0.495 e. The zero-order chi connectivity index (χ0) is 10.8. The lowest BCUT2D eigenvalue weighted by Crippen LogP contribution is -2.08. The van der Waals surface area contributed by atoms with E-state index >= 15 is 0 Å². The average Bonchev–Trinajstić information content (AvgIpc) is 2.27. The van der Waals surface area contributed by atoms with Gasteiger partial charge in [-0.1, -0.05) is 0 Å². The Kier molecular flexibility index (Phi) is 3.10. The van der Waals surface area contributed by atoms with Gasteiger partial charge in [-0.15, -0.1) is 0 Å². The summed E-state index contributed by atoms with van der Waals surface area (Å²) in [6, 6.07) is 2.08. The molecular weight excluding hydrogens is 256 g/mol. The van der Waals surface area contributed by atoms with Crippen LogP contribution in [0.2, 0.25) is 0 Å². The summed E-state index contributed by atoms with van der Waals surface area (Å²) in [6.07, 6.45) is 5.35. The van der Waals surface area contributed by atoms with Crippen molar-refractivity contribution >= 4 is 22.2 Å². The number of methoxy groups -OCH3 is 1. The standard InChI is InChI=1S/C12H13BrO2/c1-15-12-10(7-14)9-5-3-2-4-8(9)6-11(12)13/h6-7H,2-5H2,1H3. The van der Waals surface area contributed by atoms with Gasteiger partial charge in [0.05, 0.1) is 17.1 Å². The first kappa shape index (κ1) is 10.7. The lowest BCUT2D eigenvalue weighted by Gasteiger charge is -2.20. The summed E-state index contributed by atoms with van der Waals surface area (Å²) in [4.78, 5) is 11.1. The van der Waals surface area contributed by atoms with Crippen LogP contribution in [0.15, 0.2) is 10.5 Å². The van der Waals surface area contributed by atoms with Crippen LogP contribution in [0.25, 0.3) is 0 Å². The number of ether oxygens (including phenoxy) is 1. The third kappa shape index (κ3) is 1.81. The Balaban J connectivity index is 2.64. The predicted molar refractivity (Wildman–Crippen MR) is 62.7 cm³/mol. The molecule has 0 radical (unpaired) electrons. The molecule has 1 aromatic carbocycles. The van der Waals surface area contributed by atoms with Gasteiger partial charge < -0.3 is 4.74 Å². The maximum atomic E-state index is 11.1. The summed E-state index contributed by atoms with van der Waals surface area (Å²) >= 11 is 3.44. The smallest absolute Gasteiger partial charge is 0.154 e. The van der Waals surface area contributed by atoms with Crippen molar-refractivity contribution in [1.29, 1.82) is 0 Å². The van der Waals surface area contributed by atoms with Crippen molar-refractivity contribution in [3.05, 3.63) is 27.2 Å². The van der Waals surface area contributed by atoms with Crippen LogP contribution in [0.3, 0.4) is 0 Å². The number of fused-ring (bicyclic) bond motifs is 1. The zero-order valence-electron chi connectivity index (χ0n) is 8.68. The van der Waals surface area contributed by atoms with Crippen molar-refractivity contribution in [2.45, 2.75) is 25.7 Å². The number of aldehydes is 1. The minimum absolute atomic E-state index is 0.672. The van der Waals surface area contributed by atoms with Gasteiger partial charge in [-0.3, -0.25) is 4.79 Å². The third-order valence-corrected chi connectivity index (χ3v) is 3.51. The topological polar surface area (TPSA) is 26.3 Å². The first-order valence-corrected chi connectivity index (χ1v) is 5.90. The van der Waals surface area contributed by atoms with E-state index in [-0.39, 0.29) is 0 Å². The highest BCUT2D eigenvalue weighted by atomic mass is 79.9. The first-order valence-electron chi connectivity index (χ1n) is 5.11. The quantitative estimate of drug-likeness (QED) is 0.771. The maximum Gasteiger partial charge on any atom is 0.154 e. The Morgan fingerprint density at radius 2 is 2.13 bits per heavy atom. The van der Waals surface area contributed by atoms with Crippen LogP contribution in [0, 0.1) is 0 Å². The van der Waals surface area contributed by atoms with E-state index in [2.05, 4.69) is 22.0 Å². The molecule has 1 aliphatic rings. The maximum absolute atomic E-state index is 11.1. The summed E-state index contributed by atoms with van der Waals surface area (Å²) in [5, 5.41) is 0. The highest BCUT2D eigenvalue weighted by Gasteiger charge is 2.19. The van der Waals surface area contributed by atoms with E-state index in [9.17, 15) is 4.79 Å². The van der Waals surface area contributed by atoms with E-state index in [4.69, 9.17) is 4.74 Å². The van der Waals surface area contributed by atoms with Crippen LogP contribution in [0.4, 0.5) is 0 Å². The van der Waals surface area contributed by atoms with Crippen molar-refractivity contribution in [3.8, 4) is 5.75 Å². The van der Waals surface area contributed by atoms with Crippen molar-refractivity contribution < 1.29 is 9.53 Å². The van der Waals surface area contributed by atoms with Crippen LogP contribution in [-0.2, 0) is 12.8 Å². The molecule has 0 fully saturated rings. The van der Waals surface area contributed by atoms with Crippen LogP contribution in [-0.4, -0.2) is 13.4 Å². The second-order valence-electron chi connectivity index (χ2n) is 3.77. The molecule has 3 heteroatoms. The number of benzene rings is 1. The monoisotopic (exact) mass is 268 g/mol. The number of hydrogen-bond donors (Lipinski definition) is 0. The van der Waals surface area contributed by atoms with Crippen molar-refractivity contribution in [1.82, 2.24) is 0 Å². The summed E-state index contributed by atoms with van der Waals surface area (Å²) in [5.41, 5.74) is 3.19. The fourth-order valence-electron chi connectivity index (χ4n) is 2.21. The van der Waals surface area contributed by atoms with E-state index in [1.165, 1.54) is 24.0 Å². The number of carbonyl (C=O) groups is 1. The molecule has 0 spiro atoms. The average molecular weight is 269 g/mol. The minimum atomic E-state index is 0.672. The van der Waals surface area contributed by atoms with E-state index in [1.807, 2.05) is 0 Å². The van der Waals surface area contributed by atoms with Crippen LogP contribution in [0.5, 0.6) is 5.75 Å². The third-order valence-electron chi connectivity index (χ3n) is 2.92. The molecule has 0 N–H and O–H groups in total. The molecule has 0 aliphatic heterocycles. The molecule has 0 bridgehead atoms. The molecule has 2 nitrogen and oxygen atoms in total. The molecule has 2 rings (SSSR count). The minimum Gasteiger partial charge on any atom is -0.495 e.